The molecule has 3 aromatic rings. The number of carbonyl (C=O) groups is 2. The van der Waals surface area contributed by atoms with Gasteiger partial charge < -0.3 is 19.3 Å². The maximum atomic E-state index is 13.1. The molecule has 2 heterocycles. The molecule has 0 atom stereocenters. The number of carboxylic acid groups (broad SMARTS) is 1. The fourth-order valence-corrected chi connectivity index (χ4v) is 4.92. The predicted molar refractivity (Wildman–Crippen MR) is 125 cm³/mol. The van der Waals surface area contributed by atoms with Crippen LogP contribution >= 0.6 is 23.2 Å². The van der Waals surface area contributed by atoms with Crippen LogP contribution in [0.25, 0.3) is 10.9 Å². The maximum absolute atomic E-state index is 13.1. The number of nitrogens with zero attached hydrogens (tertiary/aromatic N) is 2. The minimum atomic E-state index is -4.79. The quantitative estimate of drug-likeness (QED) is 0.446. The Hall–Kier alpha value is -2.91. The van der Waals surface area contributed by atoms with Crippen molar-refractivity contribution >= 4 is 46.0 Å². The van der Waals surface area contributed by atoms with Crippen LogP contribution in [0.5, 0.6) is 5.75 Å². The fourth-order valence-electron chi connectivity index (χ4n) is 4.34. The maximum Gasteiger partial charge on any atom is 0.573 e. The number of rotatable bonds is 5. The Morgan fingerprint density at radius 1 is 1.11 bits per heavy atom. The van der Waals surface area contributed by atoms with Crippen molar-refractivity contribution in [3.05, 3.63) is 63.3 Å². The zero-order valence-electron chi connectivity index (χ0n) is 18.5. The van der Waals surface area contributed by atoms with Gasteiger partial charge in [0.05, 0.1) is 22.0 Å². The number of aryl methyl sites for hydroxylation is 1. The number of aromatic nitrogens is 1. The number of aliphatic carboxylic acids is 1. The number of ether oxygens (including phenoxy) is 1. The van der Waals surface area contributed by atoms with Gasteiger partial charge in [-0.25, -0.2) is 0 Å². The molecule has 186 valence electrons. The molecule has 1 amide bonds. The molecule has 6 nitrogen and oxygen atoms in total. The summed E-state index contributed by atoms with van der Waals surface area (Å²) in [5, 5.41) is 10.4. The molecule has 0 bridgehead atoms. The Morgan fingerprint density at radius 3 is 2.43 bits per heavy atom. The van der Waals surface area contributed by atoms with Gasteiger partial charge in [0.1, 0.15) is 5.75 Å². The molecule has 0 spiro atoms. The summed E-state index contributed by atoms with van der Waals surface area (Å²) in [5.41, 5.74) is 2.03. The predicted octanol–water partition coefficient (Wildman–Crippen LogP) is 5.91. The summed E-state index contributed by atoms with van der Waals surface area (Å²) in [6.45, 7) is 0.630. The van der Waals surface area contributed by atoms with Crippen LogP contribution in [0.3, 0.4) is 0 Å². The topological polar surface area (TPSA) is 71.8 Å². The number of fused-ring (bicyclic) bond motifs is 1. The highest BCUT2D eigenvalue weighted by Crippen LogP contribution is 2.34. The van der Waals surface area contributed by atoms with E-state index in [1.165, 1.54) is 18.2 Å². The van der Waals surface area contributed by atoms with E-state index in [2.05, 4.69) is 4.74 Å². The molecule has 1 aliphatic rings. The van der Waals surface area contributed by atoms with Gasteiger partial charge in [0, 0.05) is 48.7 Å². The van der Waals surface area contributed by atoms with Gasteiger partial charge in [0.25, 0.3) is 5.91 Å². The first-order valence-electron chi connectivity index (χ1n) is 10.8. The molecule has 1 aliphatic heterocycles. The van der Waals surface area contributed by atoms with Crippen molar-refractivity contribution in [2.24, 2.45) is 13.0 Å². The molecule has 0 unspecified atom stereocenters. The first-order valence-corrected chi connectivity index (χ1v) is 11.5. The Kier molecular flexibility index (Phi) is 6.92. The Labute approximate surface area is 208 Å². The number of alkyl halides is 3. The number of halogens is 5. The van der Waals surface area contributed by atoms with Gasteiger partial charge in [-0.05, 0) is 48.7 Å². The number of likely N-dealkylation sites (tertiary alicyclic amines) is 1. The lowest BCUT2D eigenvalue weighted by Crippen LogP contribution is -2.40. The van der Waals surface area contributed by atoms with Crippen LogP contribution in [0.2, 0.25) is 10.0 Å². The van der Waals surface area contributed by atoms with Crippen molar-refractivity contribution < 1.29 is 32.6 Å². The molecule has 4 rings (SSSR count). The van der Waals surface area contributed by atoms with E-state index in [1.54, 1.807) is 28.6 Å². The molecule has 1 N–H and O–H groups in total. The number of piperidine rings is 1. The van der Waals surface area contributed by atoms with Crippen LogP contribution in [0.4, 0.5) is 13.2 Å². The second-order valence-electron chi connectivity index (χ2n) is 8.43. The lowest BCUT2D eigenvalue weighted by Gasteiger charge is -2.30. The van der Waals surface area contributed by atoms with E-state index >= 15 is 0 Å². The van der Waals surface area contributed by atoms with Crippen LogP contribution in [0.1, 0.15) is 34.5 Å². The first kappa shape index (κ1) is 25.2. The molecular formula is C24H21Cl2F3N2O4. The van der Waals surface area contributed by atoms with Crippen molar-refractivity contribution in [1.82, 2.24) is 9.47 Å². The first-order chi connectivity index (χ1) is 16.4. The molecule has 0 saturated carbocycles. The van der Waals surface area contributed by atoms with Crippen LogP contribution < -0.4 is 4.74 Å². The monoisotopic (exact) mass is 528 g/mol. The van der Waals surface area contributed by atoms with Gasteiger partial charge in [-0.15, -0.1) is 13.2 Å². The molecule has 11 heteroatoms. The van der Waals surface area contributed by atoms with Crippen LogP contribution in [0, 0.1) is 5.92 Å². The Morgan fingerprint density at radius 2 is 1.80 bits per heavy atom. The summed E-state index contributed by atoms with van der Waals surface area (Å²) in [6.07, 6.45) is -3.82. The van der Waals surface area contributed by atoms with Gasteiger partial charge in [0.15, 0.2) is 0 Å². The van der Waals surface area contributed by atoms with Crippen molar-refractivity contribution in [2.45, 2.75) is 25.6 Å². The smallest absolute Gasteiger partial charge is 0.481 e. The minimum Gasteiger partial charge on any atom is -0.481 e. The van der Waals surface area contributed by atoms with E-state index < -0.39 is 18.2 Å². The number of benzene rings is 2. The molecule has 1 saturated heterocycles. The van der Waals surface area contributed by atoms with Crippen molar-refractivity contribution in [3.63, 3.8) is 0 Å². The van der Waals surface area contributed by atoms with Gasteiger partial charge in [-0.3, -0.25) is 9.59 Å². The fraction of sp³-hybridized carbons (Fsp3) is 0.333. The third-order valence-electron chi connectivity index (χ3n) is 6.26. The van der Waals surface area contributed by atoms with E-state index in [0.29, 0.717) is 47.4 Å². The van der Waals surface area contributed by atoms with Crippen molar-refractivity contribution in [2.75, 3.05) is 13.1 Å². The highest BCUT2D eigenvalue weighted by Gasteiger charge is 2.31. The Balaban J connectivity index is 1.60. The Bertz CT molecular complexity index is 1300. The largest absolute Gasteiger partial charge is 0.573 e. The number of hydrogen-bond donors (Lipinski definition) is 1. The third-order valence-corrected chi connectivity index (χ3v) is 7.04. The van der Waals surface area contributed by atoms with E-state index in [4.69, 9.17) is 23.2 Å². The summed E-state index contributed by atoms with van der Waals surface area (Å²) in [4.78, 5) is 25.9. The number of amides is 1. The van der Waals surface area contributed by atoms with Gasteiger partial charge in [0.2, 0.25) is 0 Å². The summed E-state index contributed by atoms with van der Waals surface area (Å²) in [5.74, 6) is -1.96. The molecule has 0 aliphatic carbocycles. The summed E-state index contributed by atoms with van der Waals surface area (Å²) >= 11 is 13.0. The molecule has 2 aromatic carbocycles. The van der Waals surface area contributed by atoms with E-state index in [9.17, 15) is 27.9 Å². The second-order valence-corrected chi connectivity index (χ2v) is 9.22. The summed E-state index contributed by atoms with van der Waals surface area (Å²) in [7, 11) is 1.71. The van der Waals surface area contributed by atoms with Crippen molar-refractivity contribution in [3.8, 4) is 5.75 Å². The standard InChI is InChI=1S/C24H21Cl2F3N2O4/c1-30-15(10-14-2-3-16(12-20(14)30)35-24(27,28)29)11-18-19(25)5-4-17(21(18)26)22(32)31-8-6-13(7-9-31)23(33)34/h2-5,10,12-13H,6-9,11H2,1H3,(H,33,34). The summed E-state index contributed by atoms with van der Waals surface area (Å²) < 4.78 is 43.5. The molecule has 35 heavy (non-hydrogen) atoms. The normalized spacial score (nSPS) is 15.0. The zero-order chi connectivity index (χ0) is 25.5. The average molecular weight is 529 g/mol. The third kappa shape index (κ3) is 5.36. The van der Waals surface area contributed by atoms with Crippen LogP contribution in [-0.4, -0.2) is 45.9 Å². The number of hydrogen-bond acceptors (Lipinski definition) is 3. The lowest BCUT2D eigenvalue weighted by molar-refractivity contribution is -0.274. The second kappa shape index (κ2) is 9.62. The zero-order valence-corrected chi connectivity index (χ0v) is 20.0. The van der Waals surface area contributed by atoms with Gasteiger partial charge in [-0.2, -0.15) is 0 Å². The SMILES string of the molecule is Cn1c(Cc2c(Cl)ccc(C(=O)N3CCC(C(=O)O)CC3)c2Cl)cc2ccc(OC(F)(F)F)cc21. The molecule has 1 aromatic heterocycles. The molecule has 0 radical (unpaired) electrons. The number of carboxylic acids is 1. The van der Waals surface area contributed by atoms with E-state index in [1.807, 2.05) is 6.07 Å². The van der Waals surface area contributed by atoms with Gasteiger partial charge in [-0.1, -0.05) is 23.2 Å². The minimum absolute atomic E-state index is 0.189. The van der Waals surface area contributed by atoms with Crippen LogP contribution in [0.15, 0.2) is 36.4 Å². The van der Waals surface area contributed by atoms with Gasteiger partial charge >= 0.3 is 12.3 Å². The molecule has 1 fully saturated rings. The van der Waals surface area contributed by atoms with E-state index in [-0.39, 0.29) is 28.7 Å². The van der Waals surface area contributed by atoms with Crippen LogP contribution in [-0.2, 0) is 18.3 Å². The molecular weight excluding hydrogens is 508 g/mol. The van der Waals surface area contributed by atoms with E-state index in [0.717, 1.165) is 5.69 Å². The summed E-state index contributed by atoms with van der Waals surface area (Å²) in [6, 6.07) is 9.01. The average Bonchev–Trinajstić information content (AvgIpc) is 3.10. The van der Waals surface area contributed by atoms with Crippen molar-refractivity contribution in [1.29, 1.82) is 0 Å². The number of carbonyl (C=O) groups excluding carboxylic acids is 1. The highest BCUT2D eigenvalue weighted by atomic mass is 35.5. The highest BCUT2D eigenvalue weighted by molar-refractivity contribution is 6.38. The lowest BCUT2D eigenvalue weighted by atomic mass is 9.96.